The number of rotatable bonds is 17. The van der Waals surface area contributed by atoms with Crippen LogP contribution in [0, 0.1) is 5.41 Å². The molecule has 0 saturated heterocycles. The molecule has 352 valence electrons. The first-order valence-electron chi connectivity index (χ1n) is 22.8. The third-order valence-electron chi connectivity index (χ3n) is 13.1. The van der Waals surface area contributed by atoms with Crippen LogP contribution in [0.15, 0.2) is 119 Å². The van der Waals surface area contributed by atoms with Crippen LogP contribution in [-0.2, 0) is 35.1 Å². The number of likely N-dealkylation sites (N-methyl/N-ethyl adjacent to an activating group) is 1. The molecule has 2 N–H and O–H groups in total. The smallest absolute Gasteiger partial charge is 0.295 e. The van der Waals surface area contributed by atoms with E-state index in [0.717, 1.165) is 91.8 Å². The van der Waals surface area contributed by atoms with Crippen LogP contribution in [0.1, 0.15) is 115 Å². The standard InChI is InChI=1S/C53H60N4O8S2/c1-10-56-41-28-25-36-38(17-15-19-43(36)66-65-64-60)48(41)52(6,7)45(56)30-23-34(40-27-22-35(33-55-40)50(59)54-32-14-12-13-21-47(58)51(3,4)5)24-31-46-53(8,9)49-39-18-16-20-44(67(61,62)63)37(39)26-29-42(49)57(46)11-2/h15-20,22-31,33H,10-14,21,32H2,1-9H3,(H2-,54,59,60,61,62,63). The molecule has 12 nitrogen and oxygen atoms in total. The summed E-state index contributed by atoms with van der Waals surface area (Å²) in [5.41, 5.74) is 6.68. The summed E-state index contributed by atoms with van der Waals surface area (Å²) in [6.45, 7) is 20.5. The number of pyridine rings is 1. The highest BCUT2D eigenvalue weighted by Gasteiger charge is 2.45. The molecule has 1 aromatic heterocycles. The van der Waals surface area contributed by atoms with E-state index in [2.05, 4.69) is 91.7 Å². The molecular weight excluding hydrogens is 885 g/mol. The van der Waals surface area contributed by atoms with E-state index in [4.69, 9.17) is 9.32 Å². The topological polar surface area (TPSA) is 161 Å². The molecule has 5 aromatic rings. The van der Waals surface area contributed by atoms with E-state index in [1.807, 2.05) is 63.2 Å². The number of fused-ring (bicyclic) bond motifs is 6. The van der Waals surface area contributed by atoms with Gasteiger partial charge in [-0.1, -0.05) is 77.4 Å². The van der Waals surface area contributed by atoms with Gasteiger partial charge in [-0.25, -0.2) is 0 Å². The van der Waals surface area contributed by atoms with Gasteiger partial charge >= 0.3 is 0 Å². The number of ketones is 1. The van der Waals surface area contributed by atoms with Crippen molar-refractivity contribution in [3.63, 3.8) is 0 Å². The van der Waals surface area contributed by atoms with Crippen LogP contribution in [0.3, 0.4) is 0 Å². The van der Waals surface area contributed by atoms with Crippen molar-refractivity contribution < 1.29 is 41.8 Å². The van der Waals surface area contributed by atoms with Crippen LogP contribution >= 0.6 is 12.0 Å². The van der Waals surface area contributed by atoms with Crippen LogP contribution in [-0.4, -0.2) is 59.6 Å². The molecule has 14 heteroatoms. The number of unbranched alkanes of at least 4 members (excludes halogenated alkanes) is 2. The Morgan fingerprint density at radius 2 is 1.61 bits per heavy atom. The Labute approximate surface area is 398 Å². The lowest BCUT2D eigenvalue weighted by Crippen LogP contribution is -2.27. The molecule has 3 heterocycles. The highest BCUT2D eigenvalue weighted by Crippen LogP contribution is 2.51. The quantitative estimate of drug-likeness (QED) is 0.0174. The minimum Gasteiger partial charge on any atom is -0.691 e. The van der Waals surface area contributed by atoms with Crippen molar-refractivity contribution in [1.29, 1.82) is 0 Å². The van der Waals surface area contributed by atoms with Crippen LogP contribution in [0.4, 0.5) is 11.4 Å². The Balaban J connectivity index is 1.26. The second-order valence-electron chi connectivity index (χ2n) is 19.1. The lowest BCUT2D eigenvalue weighted by Gasteiger charge is -2.26. The number of Topliss-reactive ketones (excluding diaryl/α,β-unsaturated/α-hetero) is 1. The molecule has 4 aromatic carbocycles. The predicted molar refractivity (Wildman–Crippen MR) is 265 cm³/mol. The van der Waals surface area contributed by atoms with E-state index in [1.165, 1.54) is 6.07 Å². The van der Waals surface area contributed by atoms with Crippen molar-refractivity contribution in [2.45, 2.75) is 109 Å². The normalized spacial score (nSPS) is 16.4. The summed E-state index contributed by atoms with van der Waals surface area (Å²) < 4.78 is 42.1. The molecule has 1 amide bonds. The highest BCUT2D eigenvalue weighted by molar-refractivity contribution is 7.94. The summed E-state index contributed by atoms with van der Waals surface area (Å²) in [6, 6.07) is 22.4. The number of hydrogen-bond donors (Lipinski definition) is 2. The largest absolute Gasteiger partial charge is 0.691 e. The number of carbonyl (C=O) groups excluding carboxylic acids is 2. The van der Waals surface area contributed by atoms with E-state index in [1.54, 1.807) is 24.4 Å². The molecule has 0 radical (unpaired) electrons. The number of nitrogens with zero attached hydrogens (tertiary/aromatic N) is 3. The zero-order valence-electron chi connectivity index (χ0n) is 39.7. The van der Waals surface area contributed by atoms with Crippen LogP contribution in [0.25, 0.3) is 27.1 Å². The van der Waals surface area contributed by atoms with Gasteiger partial charge in [0.15, 0.2) is 5.71 Å². The molecule has 2 aliphatic rings. The van der Waals surface area contributed by atoms with E-state index in [9.17, 15) is 27.8 Å². The molecule has 0 aliphatic carbocycles. The van der Waals surface area contributed by atoms with Crippen molar-refractivity contribution in [1.82, 2.24) is 10.3 Å². The minimum absolute atomic E-state index is 0.130. The molecule has 7 rings (SSSR count). The number of carbonyl (C=O) groups is 2. The van der Waals surface area contributed by atoms with Gasteiger partial charge in [-0.15, -0.1) is 0 Å². The summed E-state index contributed by atoms with van der Waals surface area (Å²) in [6.07, 6.45) is 12.9. The van der Waals surface area contributed by atoms with Crippen LogP contribution in [0.2, 0.25) is 0 Å². The summed E-state index contributed by atoms with van der Waals surface area (Å²) in [4.78, 5) is 33.3. The first kappa shape index (κ1) is 49.4. The highest BCUT2D eigenvalue weighted by atomic mass is 32.2. The van der Waals surface area contributed by atoms with Crippen molar-refractivity contribution in [2.75, 3.05) is 24.5 Å². The van der Waals surface area contributed by atoms with Crippen molar-refractivity contribution in [3.8, 4) is 0 Å². The zero-order valence-corrected chi connectivity index (χ0v) is 41.4. The Morgan fingerprint density at radius 1 is 0.896 bits per heavy atom. The first-order valence-corrected chi connectivity index (χ1v) is 25.0. The second-order valence-corrected chi connectivity index (χ2v) is 21.3. The number of allylic oxidation sites excluding steroid dienone is 6. The maximum Gasteiger partial charge on any atom is 0.295 e. The van der Waals surface area contributed by atoms with Crippen LogP contribution in [0.5, 0.6) is 0 Å². The summed E-state index contributed by atoms with van der Waals surface area (Å²) in [7, 11) is -4.47. The van der Waals surface area contributed by atoms with E-state index in [-0.39, 0.29) is 22.0 Å². The number of benzene rings is 4. The number of nitrogens with one attached hydrogen (secondary N) is 1. The van der Waals surface area contributed by atoms with Crippen LogP contribution < -0.4 is 15.5 Å². The molecule has 0 spiro atoms. The van der Waals surface area contributed by atoms with Crippen molar-refractivity contribution in [2.24, 2.45) is 5.41 Å². The van der Waals surface area contributed by atoms with E-state index >= 15 is 0 Å². The van der Waals surface area contributed by atoms with Gasteiger partial charge in [0.2, 0.25) is 5.69 Å². The fourth-order valence-corrected chi connectivity index (χ4v) is 11.0. The van der Waals surface area contributed by atoms with E-state index in [0.29, 0.717) is 42.7 Å². The third-order valence-corrected chi connectivity index (χ3v) is 14.7. The third kappa shape index (κ3) is 9.79. The molecular formula is C53H60N4O8S2. The minimum atomic E-state index is -4.47. The summed E-state index contributed by atoms with van der Waals surface area (Å²) in [5, 5.41) is 20.6. The van der Waals surface area contributed by atoms with Gasteiger partial charge in [-0.3, -0.25) is 24.2 Å². The fraction of sp³-hybridized carbons (Fsp3) is 0.358. The van der Waals surface area contributed by atoms with Crippen molar-refractivity contribution in [3.05, 3.63) is 131 Å². The number of amides is 1. The van der Waals surface area contributed by atoms with Gasteiger partial charge in [0.1, 0.15) is 17.2 Å². The van der Waals surface area contributed by atoms with Gasteiger partial charge in [-0.2, -0.15) is 17.3 Å². The van der Waals surface area contributed by atoms with Gasteiger partial charge in [0, 0.05) is 81.5 Å². The molecule has 0 saturated carbocycles. The molecule has 0 bridgehead atoms. The number of aromatic nitrogens is 1. The Bertz CT molecular complexity index is 2980. The average molecular weight is 945 g/mol. The number of anilines is 1. The number of hydrogen-bond acceptors (Lipinski definition) is 10. The Morgan fingerprint density at radius 3 is 2.27 bits per heavy atom. The summed E-state index contributed by atoms with van der Waals surface area (Å²) in [5.74, 6) is 0.0235. The lowest BCUT2D eigenvalue weighted by atomic mass is 9.79. The molecule has 0 atom stereocenters. The van der Waals surface area contributed by atoms with Gasteiger partial charge in [0.25, 0.3) is 16.0 Å². The average Bonchev–Trinajstić information content (AvgIpc) is 3.66. The Hall–Kier alpha value is -5.48. The molecule has 2 aliphatic heterocycles. The van der Waals surface area contributed by atoms with E-state index < -0.39 is 20.9 Å². The maximum atomic E-state index is 13.3. The predicted octanol–water partition coefficient (Wildman–Crippen LogP) is 10.5. The van der Waals surface area contributed by atoms with Gasteiger partial charge in [0.05, 0.1) is 28.7 Å². The van der Waals surface area contributed by atoms with Gasteiger partial charge in [-0.05, 0) is 111 Å². The lowest BCUT2D eigenvalue weighted by molar-refractivity contribution is -0.777. The molecule has 0 fully saturated rings. The molecule has 67 heavy (non-hydrogen) atoms. The molecule has 0 unspecified atom stereocenters. The second kappa shape index (κ2) is 19.6. The zero-order chi connectivity index (χ0) is 48.5. The summed E-state index contributed by atoms with van der Waals surface area (Å²) >= 11 is 0.878. The first-order chi connectivity index (χ1) is 31.7. The van der Waals surface area contributed by atoms with Crippen molar-refractivity contribution >= 4 is 78.1 Å². The maximum absolute atomic E-state index is 13.3. The SMILES string of the molecule is CCN1/C(=C/C=C(/C=C/C2=[N+](CC)c3ccc4c(SOO[O-])cccc4c3C2(C)C)c2ccc(C(=O)NCCCCCC(=O)C(C)(C)C)cn2)C(C)(C)c2c1ccc1c(S(=O)(=O)O)cccc21. The van der Waals surface area contributed by atoms with Gasteiger partial charge < -0.3 is 15.5 Å². The Kier molecular flexibility index (Phi) is 14.5. The fourth-order valence-electron chi connectivity index (χ4n) is 9.74. The monoisotopic (exact) mass is 944 g/mol.